The number of hydrogen-bond donors (Lipinski definition) is 1. The van der Waals surface area contributed by atoms with Crippen molar-refractivity contribution in [3.05, 3.63) is 35.6 Å². The summed E-state index contributed by atoms with van der Waals surface area (Å²) in [5.74, 6) is 1.54. The van der Waals surface area contributed by atoms with Crippen molar-refractivity contribution in [3.63, 3.8) is 0 Å². The van der Waals surface area contributed by atoms with Crippen molar-refractivity contribution in [2.75, 3.05) is 0 Å². The van der Waals surface area contributed by atoms with Crippen LogP contribution in [-0.2, 0) is 0 Å². The van der Waals surface area contributed by atoms with Gasteiger partial charge in [0.15, 0.2) is 0 Å². The van der Waals surface area contributed by atoms with Crippen LogP contribution in [0.15, 0.2) is 24.3 Å². The summed E-state index contributed by atoms with van der Waals surface area (Å²) < 4.78 is 13.3. The highest BCUT2D eigenvalue weighted by atomic mass is 19.1. The highest BCUT2D eigenvalue weighted by molar-refractivity contribution is 5.19. The van der Waals surface area contributed by atoms with Gasteiger partial charge in [-0.15, -0.1) is 0 Å². The highest BCUT2D eigenvalue weighted by Gasteiger charge is 2.22. The zero-order valence-corrected chi connectivity index (χ0v) is 13.0. The Bertz CT molecular complexity index is 416. The molecule has 2 heteroatoms. The van der Waals surface area contributed by atoms with E-state index in [0.717, 1.165) is 17.4 Å². The molecule has 3 atom stereocenters. The predicted octanol–water partition coefficient (Wildman–Crippen LogP) is 5.08. The van der Waals surface area contributed by atoms with Crippen LogP contribution in [0, 0.1) is 17.7 Å². The van der Waals surface area contributed by atoms with Crippen molar-refractivity contribution in [2.45, 2.75) is 65.0 Å². The number of rotatable bonds is 4. The molecule has 1 aromatic carbocycles. The van der Waals surface area contributed by atoms with Crippen LogP contribution >= 0.6 is 0 Å². The molecule has 0 bridgehead atoms. The summed E-state index contributed by atoms with van der Waals surface area (Å²) in [7, 11) is 0. The van der Waals surface area contributed by atoms with E-state index in [4.69, 9.17) is 0 Å². The van der Waals surface area contributed by atoms with Crippen molar-refractivity contribution in [2.24, 2.45) is 11.8 Å². The van der Waals surface area contributed by atoms with E-state index >= 15 is 0 Å². The van der Waals surface area contributed by atoms with Crippen LogP contribution in [0.4, 0.5) is 4.39 Å². The van der Waals surface area contributed by atoms with Crippen LogP contribution in [-0.4, -0.2) is 6.04 Å². The van der Waals surface area contributed by atoms with Crippen molar-refractivity contribution in [1.82, 2.24) is 5.32 Å². The molecule has 0 amide bonds. The molecule has 112 valence electrons. The smallest absolute Gasteiger partial charge is 0.123 e. The van der Waals surface area contributed by atoms with E-state index in [9.17, 15) is 4.39 Å². The third-order valence-electron chi connectivity index (χ3n) is 4.79. The minimum absolute atomic E-state index is 0.142. The van der Waals surface area contributed by atoms with Crippen LogP contribution in [0.25, 0.3) is 0 Å². The standard InChI is InChI=1S/C18H28FN/c1-13(2)15-6-5-9-18(11-10-15)20-14(3)16-7-4-8-17(19)12-16/h4,7-8,12-15,18,20H,5-6,9-11H2,1-3H3/t14-,15?,18?/m1/s1. The SMILES string of the molecule is CC(C)C1CCCC(N[C@H](C)c2cccc(F)c2)CC1. The first-order valence-corrected chi connectivity index (χ1v) is 8.07. The highest BCUT2D eigenvalue weighted by Crippen LogP contribution is 2.29. The first-order valence-electron chi connectivity index (χ1n) is 8.07. The van der Waals surface area contributed by atoms with Crippen molar-refractivity contribution in [3.8, 4) is 0 Å². The Morgan fingerprint density at radius 3 is 2.60 bits per heavy atom. The summed E-state index contributed by atoms with van der Waals surface area (Å²) >= 11 is 0. The molecule has 0 spiro atoms. The Balaban J connectivity index is 1.90. The van der Waals surface area contributed by atoms with E-state index in [1.807, 2.05) is 6.07 Å². The zero-order chi connectivity index (χ0) is 14.5. The van der Waals surface area contributed by atoms with E-state index in [1.165, 1.54) is 38.2 Å². The summed E-state index contributed by atoms with van der Waals surface area (Å²) in [5.41, 5.74) is 1.05. The number of benzene rings is 1. The maximum Gasteiger partial charge on any atom is 0.123 e. The maximum atomic E-state index is 13.3. The molecule has 0 aromatic heterocycles. The third-order valence-corrected chi connectivity index (χ3v) is 4.79. The summed E-state index contributed by atoms with van der Waals surface area (Å²) in [5, 5.41) is 3.70. The average Bonchev–Trinajstić information content (AvgIpc) is 2.64. The fraction of sp³-hybridized carbons (Fsp3) is 0.667. The molecule has 1 aromatic rings. The molecule has 0 aliphatic heterocycles. The lowest BCUT2D eigenvalue weighted by Gasteiger charge is -2.23. The van der Waals surface area contributed by atoms with Crippen LogP contribution in [0.1, 0.15) is 64.5 Å². The fourth-order valence-electron chi connectivity index (χ4n) is 3.39. The third kappa shape index (κ3) is 4.31. The zero-order valence-electron chi connectivity index (χ0n) is 13.0. The normalized spacial score (nSPS) is 25.4. The van der Waals surface area contributed by atoms with Crippen molar-refractivity contribution >= 4 is 0 Å². The molecule has 1 saturated carbocycles. The summed E-state index contributed by atoms with van der Waals surface area (Å²) in [6.07, 6.45) is 6.51. The minimum atomic E-state index is -0.142. The van der Waals surface area contributed by atoms with Gasteiger partial charge < -0.3 is 5.32 Å². The maximum absolute atomic E-state index is 13.3. The molecule has 0 heterocycles. The van der Waals surface area contributed by atoms with Gasteiger partial charge in [0.1, 0.15) is 5.82 Å². The van der Waals surface area contributed by atoms with Gasteiger partial charge in [-0.05, 0) is 55.7 Å². The molecule has 1 aliphatic rings. The van der Waals surface area contributed by atoms with Gasteiger partial charge in [0, 0.05) is 12.1 Å². The van der Waals surface area contributed by atoms with Crippen molar-refractivity contribution < 1.29 is 4.39 Å². The van der Waals surface area contributed by atoms with Crippen LogP contribution < -0.4 is 5.32 Å². The van der Waals surface area contributed by atoms with Gasteiger partial charge in [-0.1, -0.05) is 38.8 Å². The molecule has 1 aliphatic carbocycles. The largest absolute Gasteiger partial charge is 0.307 e. The molecule has 1 fully saturated rings. The second-order valence-corrected chi connectivity index (χ2v) is 6.65. The van der Waals surface area contributed by atoms with Crippen LogP contribution in [0.5, 0.6) is 0 Å². The van der Waals surface area contributed by atoms with Gasteiger partial charge in [-0.25, -0.2) is 4.39 Å². The molecular weight excluding hydrogens is 249 g/mol. The molecular formula is C18H28FN. The first kappa shape index (κ1) is 15.5. The molecule has 1 N–H and O–H groups in total. The van der Waals surface area contributed by atoms with Gasteiger partial charge in [0.05, 0.1) is 0 Å². The summed E-state index contributed by atoms with van der Waals surface area (Å²) in [6, 6.07) is 7.77. The molecule has 0 saturated heterocycles. The van der Waals surface area contributed by atoms with Gasteiger partial charge in [0.2, 0.25) is 0 Å². The molecule has 0 radical (unpaired) electrons. The lowest BCUT2D eigenvalue weighted by atomic mass is 9.89. The topological polar surface area (TPSA) is 12.0 Å². The quantitative estimate of drug-likeness (QED) is 0.757. The summed E-state index contributed by atoms with van der Waals surface area (Å²) in [6.45, 7) is 6.82. The predicted molar refractivity (Wildman–Crippen MR) is 83.2 cm³/mol. The van der Waals surface area contributed by atoms with Crippen LogP contribution in [0.2, 0.25) is 0 Å². The second-order valence-electron chi connectivity index (χ2n) is 6.65. The summed E-state index contributed by atoms with van der Waals surface area (Å²) in [4.78, 5) is 0. The number of nitrogens with one attached hydrogen (secondary N) is 1. The monoisotopic (exact) mass is 277 g/mol. The Morgan fingerprint density at radius 1 is 1.10 bits per heavy atom. The van der Waals surface area contributed by atoms with Gasteiger partial charge >= 0.3 is 0 Å². The van der Waals surface area contributed by atoms with Gasteiger partial charge in [-0.3, -0.25) is 0 Å². The van der Waals surface area contributed by atoms with Gasteiger partial charge in [0.25, 0.3) is 0 Å². The lowest BCUT2D eigenvalue weighted by molar-refractivity contribution is 0.335. The van der Waals surface area contributed by atoms with Crippen molar-refractivity contribution in [1.29, 1.82) is 0 Å². The van der Waals surface area contributed by atoms with E-state index in [2.05, 4.69) is 26.1 Å². The molecule has 2 unspecified atom stereocenters. The Morgan fingerprint density at radius 2 is 1.90 bits per heavy atom. The number of halogens is 1. The molecule has 1 nitrogen and oxygen atoms in total. The van der Waals surface area contributed by atoms with E-state index < -0.39 is 0 Å². The Hall–Kier alpha value is -0.890. The first-order chi connectivity index (χ1) is 9.56. The van der Waals surface area contributed by atoms with E-state index in [-0.39, 0.29) is 11.9 Å². The number of hydrogen-bond acceptors (Lipinski definition) is 1. The second kappa shape index (κ2) is 7.21. The van der Waals surface area contributed by atoms with E-state index in [0.29, 0.717) is 6.04 Å². The van der Waals surface area contributed by atoms with Gasteiger partial charge in [-0.2, -0.15) is 0 Å². The van der Waals surface area contributed by atoms with Crippen LogP contribution in [0.3, 0.4) is 0 Å². The minimum Gasteiger partial charge on any atom is -0.307 e. The molecule has 2 rings (SSSR count). The Labute approximate surface area is 123 Å². The molecule has 20 heavy (non-hydrogen) atoms. The fourth-order valence-corrected chi connectivity index (χ4v) is 3.39. The van der Waals surface area contributed by atoms with E-state index in [1.54, 1.807) is 12.1 Å². The Kier molecular flexibility index (Phi) is 5.59. The lowest BCUT2D eigenvalue weighted by Crippen LogP contribution is -2.31. The average molecular weight is 277 g/mol.